The van der Waals surface area contributed by atoms with Crippen LogP contribution in [0.1, 0.15) is 68.7 Å². The van der Waals surface area contributed by atoms with Crippen molar-refractivity contribution in [1.82, 2.24) is 24.5 Å². The zero-order valence-corrected chi connectivity index (χ0v) is 20.5. The Kier molecular flexibility index (Phi) is 6.55. The molecule has 0 amide bonds. The molecule has 0 N–H and O–H groups in total. The quantitative estimate of drug-likeness (QED) is 0.324. The van der Waals surface area contributed by atoms with Gasteiger partial charge in [0, 0.05) is 22.9 Å². The van der Waals surface area contributed by atoms with E-state index in [4.69, 9.17) is 10.1 Å². The van der Waals surface area contributed by atoms with Gasteiger partial charge in [-0.1, -0.05) is 43.8 Å². The minimum atomic E-state index is 0.592. The zero-order valence-electron chi connectivity index (χ0n) is 18.0. The fraction of sp³-hybridized carbons (Fsp3) is 0.682. The molecule has 3 aromatic heterocycles. The summed E-state index contributed by atoms with van der Waals surface area (Å²) in [5.74, 6) is 2.73. The third-order valence-corrected chi connectivity index (χ3v) is 9.52. The molecule has 4 heterocycles. The van der Waals surface area contributed by atoms with Crippen molar-refractivity contribution in [2.45, 2.75) is 75.0 Å². The Morgan fingerprint density at radius 1 is 1.03 bits per heavy atom. The average molecular weight is 462 g/mol. The number of nitrogens with zero attached hydrogens (tertiary/aromatic N) is 5. The molecule has 1 aliphatic carbocycles. The highest BCUT2D eigenvalue weighted by Gasteiger charge is 2.27. The molecule has 1 saturated heterocycles. The van der Waals surface area contributed by atoms with E-state index in [0.717, 1.165) is 45.3 Å². The SMILES string of the molecule is CCCSc1nc2sc3c(c2c2nnc(SCCN4CCCCC4)n12)[C@@H](C)CCC3. The first kappa shape index (κ1) is 21.0. The summed E-state index contributed by atoms with van der Waals surface area (Å²) in [6, 6.07) is 0. The molecule has 2 aliphatic rings. The lowest BCUT2D eigenvalue weighted by Gasteiger charge is -2.25. The summed E-state index contributed by atoms with van der Waals surface area (Å²) in [6.45, 7) is 8.23. The Bertz CT molecular complexity index is 1020. The van der Waals surface area contributed by atoms with Gasteiger partial charge >= 0.3 is 0 Å². The normalized spacial score (nSPS) is 20.3. The molecule has 5 nitrogen and oxygen atoms in total. The topological polar surface area (TPSA) is 46.3 Å². The minimum Gasteiger partial charge on any atom is -0.303 e. The van der Waals surface area contributed by atoms with Crippen LogP contribution in [0.2, 0.25) is 0 Å². The molecule has 0 spiro atoms. The van der Waals surface area contributed by atoms with Gasteiger partial charge in [-0.2, -0.15) is 0 Å². The fourth-order valence-electron chi connectivity index (χ4n) is 4.77. The molecule has 0 radical (unpaired) electrons. The lowest BCUT2D eigenvalue weighted by molar-refractivity contribution is 0.242. The number of rotatable bonds is 7. The van der Waals surface area contributed by atoms with Gasteiger partial charge in [-0.25, -0.2) is 9.38 Å². The smallest absolute Gasteiger partial charge is 0.197 e. The summed E-state index contributed by atoms with van der Waals surface area (Å²) in [7, 11) is 0. The maximum Gasteiger partial charge on any atom is 0.197 e. The molecule has 0 unspecified atom stereocenters. The number of fused-ring (bicyclic) bond motifs is 5. The molecule has 0 saturated carbocycles. The van der Waals surface area contributed by atoms with Crippen molar-refractivity contribution < 1.29 is 0 Å². The Morgan fingerprint density at radius 2 is 1.87 bits per heavy atom. The zero-order chi connectivity index (χ0) is 20.5. The van der Waals surface area contributed by atoms with Crippen molar-refractivity contribution in [3.63, 3.8) is 0 Å². The number of aromatic nitrogens is 4. The number of thiophene rings is 1. The lowest BCUT2D eigenvalue weighted by Crippen LogP contribution is -2.31. The van der Waals surface area contributed by atoms with Crippen LogP contribution in [-0.4, -0.2) is 55.6 Å². The number of hydrogen-bond acceptors (Lipinski definition) is 7. The van der Waals surface area contributed by atoms with Gasteiger partial charge in [-0.05, 0) is 63.1 Å². The van der Waals surface area contributed by atoms with Crippen molar-refractivity contribution in [1.29, 1.82) is 0 Å². The number of likely N-dealkylation sites (tertiary alicyclic amines) is 1. The third-order valence-electron chi connectivity index (χ3n) is 6.31. The van der Waals surface area contributed by atoms with E-state index in [9.17, 15) is 0 Å². The first-order valence-electron chi connectivity index (χ1n) is 11.4. The van der Waals surface area contributed by atoms with E-state index in [1.165, 1.54) is 67.4 Å². The highest BCUT2D eigenvalue weighted by atomic mass is 32.2. The Balaban J connectivity index is 1.51. The van der Waals surface area contributed by atoms with E-state index in [1.807, 2.05) is 34.9 Å². The molecule has 5 rings (SSSR count). The first-order valence-corrected chi connectivity index (χ1v) is 14.2. The molecular weight excluding hydrogens is 430 g/mol. The van der Waals surface area contributed by atoms with Gasteiger partial charge in [0.1, 0.15) is 4.83 Å². The second-order valence-electron chi connectivity index (χ2n) is 8.55. The lowest BCUT2D eigenvalue weighted by atomic mass is 9.87. The predicted octanol–water partition coefficient (Wildman–Crippen LogP) is 5.86. The highest BCUT2D eigenvalue weighted by Crippen LogP contribution is 2.44. The van der Waals surface area contributed by atoms with Crippen LogP contribution in [0.4, 0.5) is 0 Å². The molecule has 1 aliphatic heterocycles. The van der Waals surface area contributed by atoms with E-state index in [1.54, 1.807) is 0 Å². The summed E-state index contributed by atoms with van der Waals surface area (Å²) in [6.07, 6.45) is 8.97. The monoisotopic (exact) mass is 461 g/mol. The molecule has 162 valence electrons. The average Bonchev–Trinajstić information content (AvgIpc) is 3.35. The Labute approximate surface area is 191 Å². The number of piperidine rings is 1. The minimum absolute atomic E-state index is 0.592. The van der Waals surface area contributed by atoms with Crippen molar-refractivity contribution >= 4 is 50.7 Å². The largest absolute Gasteiger partial charge is 0.303 e. The second kappa shape index (κ2) is 9.35. The van der Waals surface area contributed by atoms with Gasteiger partial charge in [0.25, 0.3) is 0 Å². The molecule has 1 fully saturated rings. The van der Waals surface area contributed by atoms with Crippen LogP contribution < -0.4 is 0 Å². The van der Waals surface area contributed by atoms with Gasteiger partial charge in [-0.3, -0.25) is 0 Å². The Morgan fingerprint density at radius 3 is 2.70 bits per heavy atom. The molecule has 0 aromatic carbocycles. The van der Waals surface area contributed by atoms with E-state index in [-0.39, 0.29) is 0 Å². The standard InChI is InChI=1S/C22H31N5S3/c1-3-13-28-21-23-20-18(17-15(2)8-7-9-16(17)30-20)19-24-25-22(27(19)21)29-14-12-26-10-5-4-6-11-26/h15H,3-14H2,1-2H3/t15-/m0/s1. The van der Waals surface area contributed by atoms with E-state index >= 15 is 0 Å². The van der Waals surface area contributed by atoms with Crippen LogP contribution >= 0.6 is 34.9 Å². The van der Waals surface area contributed by atoms with Gasteiger partial charge in [-0.15, -0.1) is 21.5 Å². The van der Waals surface area contributed by atoms with E-state index in [0.29, 0.717) is 5.92 Å². The van der Waals surface area contributed by atoms with Crippen LogP contribution in [0.3, 0.4) is 0 Å². The molecule has 1 atom stereocenters. The molecule has 30 heavy (non-hydrogen) atoms. The second-order valence-corrected chi connectivity index (χ2v) is 11.8. The van der Waals surface area contributed by atoms with Crippen molar-refractivity contribution in [2.75, 3.05) is 31.1 Å². The van der Waals surface area contributed by atoms with Gasteiger partial charge in [0.05, 0.1) is 5.39 Å². The molecule has 0 bridgehead atoms. The van der Waals surface area contributed by atoms with Crippen LogP contribution in [0, 0.1) is 0 Å². The highest BCUT2D eigenvalue weighted by molar-refractivity contribution is 7.99. The van der Waals surface area contributed by atoms with Crippen molar-refractivity contribution in [3.8, 4) is 0 Å². The van der Waals surface area contributed by atoms with Crippen molar-refractivity contribution in [3.05, 3.63) is 10.4 Å². The summed E-state index contributed by atoms with van der Waals surface area (Å²) >= 11 is 5.58. The number of hydrogen-bond donors (Lipinski definition) is 0. The van der Waals surface area contributed by atoms with Crippen LogP contribution in [-0.2, 0) is 6.42 Å². The van der Waals surface area contributed by atoms with Gasteiger partial charge < -0.3 is 4.90 Å². The first-order chi connectivity index (χ1) is 14.8. The van der Waals surface area contributed by atoms with Crippen LogP contribution in [0.25, 0.3) is 15.9 Å². The van der Waals surface area contributed by atoms with Crippen LogP contribution in [0.15, 0.2) is 10.3 Å². The fourth-order valence-corrected chi connectivity index (χ4v) is 7.99. The molecular formula is C22H31N5S3. The maximum atomic E-state index is 5.15. The van der Waals surface area contributed by atoms with Gasteiger partial charge in [0.15, 0.2) is 16.0 Å². The van der Waals surface area contributed by atoms with Crippen molar-refractivity contribution in [2.24, 2.45) is 0 Å². The Hall–Kier alpha value is -0.830. The molecule has 8 heteroatoms. The number of thioether (sulfide) groups is 2. The summed E-state index contributed by atoms with van der Waals surface area (Å²) in [5.41, 5.74) is 2.54. The van der Waals surface area contributed by atoms with Gasteiger partial charge in [0.2, 0.25) is 0 Å². The van der Waals surface area contributed by atoms with E-state index < -0.39 is 0 Å². The molecule has 3 aromatic rings. The maximum absolute atomic E-state index is 5.15. The third kappa shape index (κ3) is 4.00. The predicted molar refractivity (Wildman–Crippen MR) is 130 cm³/mol. The number of aryl methyl sites for hydroxylation is 1. The van der Waals surface area contributed by atoms with Crippen LogP contribution in [0.5, 0.6) is 0 Å². The summed E-state index contributed by atoms with van der Waals surface area (Å²) < 4.78 is 2.26. The summed E-state index contributed by atoms with van der Waals surface area (Å²) in [4.78, 5) is 10.4. The summed E-state index contributed by atoms with van der Waals surface area (Å²) in [5, 5.41) is 12.7. The van der Waals surface area contributed by atoms with E-state index in [2.05, 4.69) is 28.2 Å².